The summed E-state index contributed by atoms with van der Waals surface area (Å²) in [5, 5.41) is 15.5. The number of nitrogens with one attached hydrogen (secondary N) is 2. The van der Waals surface area contributed by atoms with E-state index in [4.69, 9.17) is 0 Å². The van der Waals surface area contributed by atoms with Gasteiger partial charge in [0.25, 0.3) is 11.6 Å². The third kappa shape index (κ3) is 5.18. The van der Waals surface area contributed by atoms with Crippen LogP contribution < -0.4 is 10.9 Å². The molecule has 0 spiro atoms. The molecule has 2 aromatic carbocycles. The number of carbonyl (C=O) groups is 1. The van der Waals surface area contributed by atoms with Gasteiger partial charge in [0.15, 0.2) is 0 Å². The highest BCUT2D eigenvalue weighted by Gasteiger charge is 2.33. The van der Waals surface area contributed by atoms with Gasteiger partial charge in [0, 0.05) is 17.3 Å². The van der Waals surface area contributed by atoms with Gasteiger partial charge in [-0.25, -0.2) is 0 Å². The van der Waals surface area contributed by atoms with E-state index in [2.05, 4.69) is 16.0 Å². The lowest BCUT2D eigenvalue weighted by Crippen LogP contribution is -2.29. The van der Waals surface area contributed by atoms with Gasteiger partial charge in [-0.3, -0.25) is 30.4 Å². The van der Waals surface area contributed by atoms with Crippen LogP contribution in [0.25, 0.3) is 0 Å². The van der Waals surface area contributed by atoms with Gasteiger partial charge in [-0.2, -0.15) is 18.3 Å². The van der Waals surface area contributed by atoms with Crippen molar-refractivity contribution in [3.63, 3.8) is 0 Å². The average molecular weight is 433 g/mol. The van der Waals surface area contributed by atoms with Crippen molar-refractivity contribution in [1.29, 1.82) is 0 Å². The summed E-state index contributed by atoms with van der Waals surface area (Å²) in [6.45, 7) is 4.23. The van der Waals surface area contributed by atoms with Gasteiger partial charge in [-0.05, 0) is 49.7 Å². The quantitative estimate of drug-likeness (QED) is 0.447. The van der Waals surface area contributed by atoms with Crippen molar-refractivity contribution < 1.29 is 22.9 Å². The van der Waals surface area contributed by atoms with E-state index in [0.29, 0.717) is 18.7 Å². The van der Waals surface area contributed by atoms with Gasteiger partial charge in [0.1, 0.15) is 5.69 Å². The summed E-state index contributed by atoms with van der Waals surface area (Å²) in [5.74, 6) is -0.607. The van der Waals surface area contributed by atoms with E-state index >= 15 is 0 Å². The Bertz CT molecular complexity index is 1140. The van der Waals surface area contributed by atoms with E-state index < -0.39 is 28.3 Å². The number of rotatable bonds is 6. The summed E-state index contributed by atoms with van der Waals surface area (Å²) in [4.78, 5) is 22.6. The largest absolute Gasteiger partial charge is 0.416 e. The van der Waals surface area contributed by atoms with Crippen LogP contribution in [0.3, 0.4) is 0 Å². The summed E-state index contributed by atoms with van der Waals surface area (Å²) < 4.78 is 40.2. The fourth-order valence-electron chi connectivity index (χ4n) is 2.98. The molecule has 3 rings (SSSR count). The minimum absolute atomic E-state index is 0.265. The standard InChI is InChI=1S/C20H18F3N5O3/c1-12-8-13(2)27(26-12)11-14-4-3-5-15(9-14)19(29)25-24-17-7-6-16(20(21,22)23)10-18(17)28(30)31/h3-10,24H,11H2,1-2H3,(H,25,29). The van der Waals surface area contributed by atoms with Crippen LogP contribution in [-0.4, -0.2) is 20.6 Å². The first-order valence-corrected chi connectivity index (χ1v) is 9.06. The number of aryl methyl sites for hydroxylation is 2. The zero-order chi connectivity index (χ0) is 22.8. The lowest BCUT2D eigenvalue weighted by molar-refractivity contribution is -0.384. The third-order valence-corrected chi connectivity index (χ3v) is 4.46. The number of hydrogen-bond acceptors (Lipinski definition) is 5. The number of nitro groups is 1. The Kier molecular flexibility index (Phi) is 5.95. The monoisotopic (exact) mass is 433 g/mol. The van der Waals surface area contributed by atoms with Gasteiger partial charge in [-0.1, -0.05) is 12.1 Å². The van der Waals surface area contributed by atoms with Gasteiger partial charge in [0.2, 0.25) is 0 Å². The normalized spacial score (nSPS) is 11.3. The Labute approximate surface area is 174 Å². The first-order valence-electron chi connectivity index (χ1n) is 9.06. The van der Waals surface area contributed by atoms with E-state index in [1.165, 1.54) is 0 Å². The SMILES string of the molecule is Cc1cc(C)n(Cc2cccc(C(=O)NNc3ccc(C(F)(F)F)cc3[N+](=O)[O-])c2)n1. The molecule has 162 valence electrons. The number of amides is 1. The van der Waals surface area contributed by atoms with Crippen molar-refractivity contribution in [2.45, 2.75) is 26.6 Å². The second kappa shape index (κ2) is 8.46. The van der Waals surface area contributed by atoms with Gasteiger partial charge >= 0.3 is 6.18 Å². The predicted molar refractivity (Wildman–Crippen MR) is 106 cm³/mol. The molecule has 3 aromatic rings. The summed E-state index contributed by atoms with van der Waals surface area (Å²) in [5.41, 5.74) is 5.26. The number of nitrogens with zero attached hydrogens (tertiary/aromatic N) is 3. The second-order valence-corrected chi connectivity index (χ2v) is 6.85. The highest BCUT2D eigenvalue weighted by molar-refractivity contribution is 5.95. The Morgan fingerprint density at radius 2 is 1.90 bits per heavy atom. The summed E-state index contributed by atoms with van der Waals surface area (Å²) in [7, 11) is 0. The van der Waals surface area contributed by atoms with Crippen molar-refractivity contribution in [1.82, 2.24) is 15.2 Å². The van der Waals surface area contributed by atoms with Crippen molar-refractivity contribution in [2.75, 3.05) is 5.43 Å². The molecule has 0 atom stereocenters. The van der Waals surface area contributed by atoms with Crippen LogP contribution in [-0.2, 0) is 12.7 Å². The smallest absolute Gasteiger partial charge is 0.292 e. The predicted octanol–water partition coefficient (Wildman–Crippen LogP) is 4.23. The maximum Gasteiger partial charge on any atom is 0.416 e. The number of alkyl halides is 3. The van der Waals surface area contributed by atoms with Crippen LogP contribution in [0.4, 0.5) is 24.5 Å². The minimum Gasteiger partial charge on any atom is -0.292 e. The third-order valence-electron chi connectivity index (χ3n) is 4.46. The summed E-state index contributed by atoms with van der Waals surface area (Å²) in [6, 6.07) is 10.6. The average Bonchev–Trinajstić information content (AvgIpc) is 3.02. The molecule has 0 unspecified atom stereocenters. The number of carbonyl (C=O) groups excluding carboxylic acids is 1. The van der Waals surface area contributed by atoms with Crippen LogP contribution in [0.5, 0.6) is 0 Å². The molecule has 11 heteroatoms. The number of hydrogen-bond donors (Lipinski definition) is 2. The first kappa shape index (κ1) is 21.8. The molecule has 0 aliphatic heterocycles. The summed E-state index contributed by atoms with van der Waals surface area (Å²) >= 11 is 0. The topological polar surface area (TPSA) is 102 Å². The second-order valence-electron chi connectivity index (χ2n) is 6.85. The number of benzene rings is 2. The van der Waals surface area contributed by atoms with Crippen molar-refractivity contribution in [3.05, 3.63) is 86.7 Å². The molecule has 0 fully saturated rings. The molecule has 1 amide bonds. The van der Waals surface area contributed by atoms with Crippen LogP contribution >= 0.6 is 0 Å². The Balaban J connectivity index is 1.74. The molecule has 2 N–H and O–H groups in total. The number of halogens is 3. The number of anilines is 1. The van der Waals surface area contributed by atoms with Gasteiger partial charge in [-0.15, -0.1) is 0 Å². The molecule has 0 aliphatic carbocycles. The zero-order valence-corrected chi connectivity index (χ0v) is 16.5. The van der Waals surface area contributed by atoms with E-state index in [1.54, 1.807) is 22.9 Å². The van der Waals surface area contributed by atoms with E-state index in [-0.39, 0.29) is 11.3 Å². The first-order chi connectivity index (χ1) is 14.5. The fourth-order valence-corrected chi connectivity index (χ4v) is 2.98. The molecular weight excluding hydrogens is 415 g/mol. The molecule has 31 heavy (non-hydrogen) atoms. The minimum atomic E-state index is -4.72. The molecule has 0 saturated heterocycles. The van der Waals surface area contributed by atoms with Gasteiger partial charge < -0.3 is 0 Å². The van der Waals surface area contributed by atoms with Crippen LogP contribution in [0, 0.1) is 24.0 Å². The molecular formula is C20H18F3N5O3. The van der Waals surface area contributed by atoms with Crippen LogP contribution in [0.2, 0.25) is 0 Å². The molecule has 1 aromatic heterocycles. The molecule has 0 bridgehead atoms. The molecule has 0 aliphatic rings. The highest BCUT2D eigenvalue weighted by atomic mass is 19.4. The maximum absolute atomic E-state index is 12.8. The Morgan fingerprint density at radius 3 is 2.52 bits per heavy atom. The zero-order valence-electron chi connectivity index (χ0n) is 16.5. The molecule has 0 saturated carbocycles. The lowest BCUT2D eigenvalue weighted by Gasteiger charge is -2.12. The van der Waals surface area contributed by atoms with E-state index in [0.717, 1.165) is 23.0 Å². The molecule has 0 radical (unpaired) electrons. The summed E-state index contributed by atoms with van der Waals surface area (Å²) in [6.07, 6.45) is -4.72. The number of nitro benzene ring substituents is 1. The lowest BCUT2D eigenvalue weighted by atomic mass is 10.1. The van der Waals surface area contributed by atoms with Crippen molar-refractivity contribution in [2.24, 2.45) is 0 Å². The maximum atomic E-state index is 12.8. The molecule has 1 heterocycles. The van der Waals surface area contributed by atoms with Crippen molar-refractivity contribution in [3.8, 4) is 0 Å². The van der Waals surface area contributed by atoms with E-state index in [9.17, 15) is 28.1 Å². The van der Waals surface area contributed by atoms with Gasteiger partial charge in [0.05, 0.1) is 22.7 Å². The van der Waals surface area contributed by atoms with Crippen LogP contribution in [0.15, 0.2) is 48.5 Å². The molecule has 8 nitrogen and oxygen atoms in total. The highest BCUT2D eigenvalue weighted by Crippen LogP contribution is 2.34. The Hall–Kier alpha value is -3.89. The van der Waals surface area contributed by atoms with Crippen molar-refractivity contribution >= 4 is 17.3 Å². The van der Waals surface area contributed by atoms with E-state index in [1.807, 2.05) is 26.0 Å². The fraction of sp³-hybridized carbons (Fsp3) is 0.200. The number of hydrazine groups is 1. The Morgan fingerprint density at radius 1 is 1.16 bits per heavy atom. The van der Waals surface area contributed by atoms with Crippen LogP contribution in [0.1, 0.15) is 32.9 Å². The number of aromatic nitrogens is 2.